The zero-order chi connectivity index (χ0) is 14.5. The topological polar surface area (TPSA) is 87.6 Å². The largest absolute Gasteiger partial charge is 0.496 e. The highest BCUT2D eigenvalue weighted by atomic mass is 16.6. The summed E-state index contributed by atoms with van der Waals surface area (Å²) in [5, 5.41) is 10.9. The number of non-ortho nitro benzene ring substituents is 1. The third-order valence-corrected chi connectivity index (χ3v) is 3.75. The fraction of sp³-hybridized carbons (Fsp3) is 0.571. The number of hydrogen-bond donors (Lipinski definition) is 1. The number of methoxy groups -OCH3 is 1. The Labute approximate surface area is 118 Å². The molecule has 6 nitrogen and oxygen atoms in total. The monoisotopic (exact) mass is 280 g/mol. The zero-order valence-electron chi connectivity index (χ0n) is 11.6. The first kappa shape index (κ1) is 14.7. The van der Waals surface area contributed by atoms with E-state index in [9.17, 15) is 10.1 Å². The Morgan fingerprint density at radius 3 is 2.85 bits per heavy atom. The second kappa shape index (κ2) is 6.67. The van der Waals surface area contributed by atoms with Crippen molar-refractivity contribution in [3.8, 4) is 5.75 Å². The summed E-state index contributed by atoms with van der Waals surface area (Å²) < 4.78 is 10.9. The molecule has 0 aromatic heterocycles. The highest BCUT2D eigenvalue weighted by Gasteiger charge is 2.26. The minimum atomic E-state index is -0.426. The maximum absolute atomic E-state index is 10.9. The molecule has 0 bridgehead atoms. The van der Waals surface area contributed by atoms with Crippen molar-refractivity contribution in [2.45, 2.75) is 32.0 Å². The molecule has 0 amide bonds. The van der Waals surface area contributed by atoms with Gasteiger partial charge in [-0.3, -0.25) is 10.1 Å². The fourth-order valence-electron chi connectivity index (χ4n) is 2.65. The molecule has 0 aliphatic heterocycles. The fourth-order valence-corrected chi connectivity index (χ4v) is 2.65. The van der Waals surface area contributed by atoms with Crippen LogP contribution >= 0.6 is 0 Å². The number of rotatable bonds is 6. The van der Waals surface area contributed by atoms with Gasteiger partial charge in [0.2, 0.25) is 0 Å². The van der Waals surface area contributed by atoms with Crippen molar-refractivity contribution >= 4 is 5.69 Å². The molecule has 2 unspecified atom stereocenters. The van der Waals surface area contributed by atoms with Gasteiger partial charge in [-0.15, -0.1) is 0 Å². The minimum Gasteiger partial charge on any atom is -0.496 e. The molecule has 0 saturated heterocycles. The Balaban J connectivity index is 2.05. The zero-order valence-corrected chi connectivity index (χ0v) is 11.6. The molecular formula is C14H20N2O4. The summed E-state index contributed by atoms with van der Waals surface area (Å²) in [4.78, 5) is 10.4. The summed E-state index contributed by atoms with van der Waals surface area (Å²) >= 11 is 0. The van der Waals surface area contributed by atoms with Gasteiger partial charge in [-0.2, -0.15) is 0 Å². The Morgan fingerprint density at radius 2 is 2.20 bits per heavy atom. The van der Waals surface area contributed by atoms with Crippen LogP contribution in [0.1, 0.15) is 24.8 Å². The molecule has 2 rings (SSSR count). The van der Waals surface area contributed by atoms with E-state index in [0.29, 0.717) is 24.8 Å². The molecule has 0 heterocycles. The number of hydrogen-bond acceptors (Lipinski definition) is 5. The SMILES string of the molecule is COc1cc(COC2CCCC2CN)cc([N+](=O)[O-])c1. The van der Waals surface area contributed by atoms with Crippen molar-refractivity contribution in [3.05, 3.63) is 33.9 Å². The van der Waals surface area contributed by atoms with E-state index in [4.69, 9.17) is 15.2 Å². The second-order valence-electron chi connectivity index (χ2n) is 5.07. The molecule has 1 fully saturated rings. The number of nitro benzene ring substituents is 1. The van der Waals surface area contributed by atoms with Gasteiger partial charge in [0.1, 0.15) is 5.75 Å². The van der Waals surface area contributed by atoms with Crippen molar-refractivity contribution in [2.75, 3.05) is 13.7 Å². The van der Waals surface area contributed by atoms with E-state index in [0.717, 1.165) is 24.8 Å². The van der Waals surface area contributed by atoms with E-state index < -0.39 is 4.92 Å². The van der Waals surface area contributed by atoms with Gasteiger partial charge in [0, 0.05) is 6.07 Å². The normalized spacial score (nSPS) is 21.9. The molecule has 1 aromatic rings. The maximum Gasteiger partial charge on any atom is 0.273 e. The molecule has 1 aliphatic rings. The van der Waals surface area contributed by atoms with Gasteiger partial charge in [-0.25, -0.2) is 0 Å². The number of benzene rings is 1. The molecule has 6 heteroatoms. The molecule has 1 aliphatic carbocycles. The number of ether oxygens (including phenoxy) is 2. The third-order valence-electron chi connectivity index (χ3n) is 3.75. The Kier molecular flexibility index (Phi) is 4.92. The average molecular weight is 280 g/mol. The summed E-state index contributed by atoms with van der Waals surface area (Å²) in [6.45, 7) is 0.974. The molecule has 2 N–H and O–H groups in total. The van der Waals surface area contributed by atoms with E-state index in [1.165, 1.54) is 19.2 Å². The highest BCUT2D eigenvalue weighted by Crippen LogP contribution is 2.29. The third kappa shape index (κ3) is 3.46. The van der Waals surface area contributed by atoms with Gasteiger partial charge in [-0.1, -0.05) is 6.42 Å². The van der Waals surface area contributed by atoms with Crippen LogP contribution in [0.2, 0.25) is 0 Å². The number of nitrogens with zero attached hydrogens (tertiary/aromatic N) is 1. The van der Waals surface area contributed by atoms with Gasteiger partial charge in [-0.05, 0) is 36.9 Å². The molecule has 110 valence electrons. The van der Waals surface area contributed by atoms with E-state index >= 15 is 0 Å². The first-order valence-corrected chi connectivity index (χ1v) is 6.78. The molecule has 1 saturated carbocycles. The standard InChI is InChI=1S/C14H20N2O4/c1-19-13-6-10(5-12(7-13)16(17)18)9-20-14-4-2-3-11(14)8-15/h5-7,11,14H,2-4,8-9,15H2,1H3. The predicted molar refractivity (Wildman–Crippen MR) is 74.6 cm³/mol. The molecule has 2 atom stereocenters. The molecule has 1 aromatic carbocycles. The van der Waals surface area contributed by atoms with E-state index in [2.05, 4.69) is 0 Å². The van der Waals surface area contributed by atoms with Crippen molar-refractivity contribution < 1.29 is 14.4 Å². The Bertz CT molecular complexity index is 478. The molecule has 20 heavy (non-hydrogen) atoms. The van der Waals surface area contributed by atoms with Crippen molar-refractivity contribution in [1.82, 2.24) is 0 Å². The Hall–Kier alpha value is -1.66. The summed E-state index contributed by atoms with van der Waals surface area (Å²) in [7, 11) is 1.49. The first-order chi connectivity index (χ1) is 9.63. The van der Waals surface area contributed by atoms with Crippen LogP contribution in [-0.2, 0) is 11.3 Å². The molecule has 0 spiro atoms. The lowest BCUT2D eigenvalue weighted by Crippen LogP contribution is -2.25. The van der Waals surface area contributed by atoms with Crippen LogP contribution in [0.5, 0.6) is 5.75 Å². The lowest BCUT2D eigenvalue weighted by molar-refractivity contribution is -0.385. The summed E-state index contributed by atoms with van der Waals surface area (Å²) in [6, 6.07) is 4.69. The van der Waals surface area contributed by atoms with Gasteiger partial charge < -0.3 is 15.2 Å². The molecular weight excluding hydrogens is 260 g/mol. The van der Waals surface area contributed by atoms with Crippen molar-refractivity contribution in [2.24, 2.45) is 11.7 Å². The average Bonchev–Trinajstić information content (AvgIpc) is 2.92. The lowest BCUT2D eigenvalue weighted by atomic mass is 10.1. The van der Waals surface area contributed by atoms with Gasteiger partial charge in [0.05, 0.1) is 30.8 Å². The van der Waals surface area contributed by atoms with Crippen molar-refractivity contribution in [1.29, 1.82) is 0 Å². The Morgan fingerprint density at radius 1 is 1.40 bits per heavy atom. The summed E-state index contributed by atoms with van der Waals surface area (Å²) in [6.07, 6.45) is 3.39. The van der Waals surface area contributed by atoms with Crippen LogP contribution < -0.4 is 10.5 Å². The lowest BCUT2D eigenvalue weighted by Gasteiger charge is -2.18. The number of nitrogens with two attached hydrogens (primary N) is 1. The van der Waals surface area contributed by atoms with Crippen LogP contribution in [0.4, 0.5) is 5.69 Å². The van der Waals surface area contributed by atoms with E-state index in [1.807, 2.05) is 0 Å². The second-order valence-corrected chi connectivity index (χ2v) is 5.07. The van der Waals surface area contributed by atoms with E-state index in [-0.39, 0.29) is 11.8 Å². The maximum atomic E-state index is 10.9. The van der Waals surface area contributed by atoms with Crippen LogP contribution in [0.15, 0.2) is 18.2 Å². The van der Waals surface area contributed by atoms with Gasteiger partial charge >= 0.3 is 0 Å². The van der Waals surface area contributed by atoms with Crippen LogP contribution in [0.3, 0.4) is 0 Å². The van der Waals surface area contributed by atoms with Crippen LogP contribution in [-0.4, -0.2) is 24.7 Å². The first-order valence-electron chi connectivity index (χ1n) is 6.78. The van der Waals surface area contributed by atoms with E-state index in [1.54, 1.807) is 6.07 Å². The van der Waals surface area contributed by atoms with Crippen LogP contribution in [0.25, 0.3) is 0 Å². The van der Waals surface area contributed by atoms with Gasteiger partial charge in [0.25, 0.3) is 5.69 Å². The summed E-state index contributed by atoms with van der Waals surface area (Å²) in [5.41, 5.74) is 6.48. The molecule has 0 radical (unpaired) electrons. The highest BCUT2D eigenvalue weighted by molar-refractivity contribution is 5.42. The minimum absolute atomic E-state index is 0.0183. The summed E-state index contributed by atoms with van der Waals surface area (Å²) in [5.74, 6) is 0.871. The van der Waals surface area contributed by atoms with Crippen LogP contribution in [0, 0.1) is 16.0 Å². The van der Waals surface area contributed by atoms with Gasteiger partial charge in [0.15, 0.2) is 0 Å². The smallest absolute Gasteiger partial charge is 0.273 e. The van der Waals surface area contributed by atoms with Crippen molar-refractivity contribution in [3.63, 3.8) is 0 Å². The quantitative estimate of drug-likeness (QED) is 0.637. The predicted octanol–water partition coefficient (Wildman–Crippen LogP) is 2.25. The number of nitro groups is 1.